The fourth-order valence-electron chi connectivity index (χ4n) is 1.42. The first-order chi connectivity index (χ1) is 9.23. The van der Waals surface area contributed by atoms with Crippen LogP contribution >= 0.6 is 11.6 Å². The molecule has 4 nitrogen and oxygen atoms in total. The van der Waals surface area contributed by atoms with Crippen molar-refractivity contribution in [3.8, 4) is 0 Å². The van der Waals surface area contributed by atoms with Gasteiger partial charge >= 0.3 is 0 Å². The van der Waals surface area contributed by atoms with Crippen molar-refractivity contribution in [3.05, 3.63) is 34.6 Å². The summed E-state index contributed by atoms with van der Waals surface area (Å²) in [7, 11) is 0. The van der Waals surface area contributed by atoms with E-state index in [-0.39, 0.29) is 29.6 Å². The van der Waals surface area contributed by atoms with E-state index in [0.29, 0.717) is 0 Å². The zero-order chi connectivity index (χ0) is 15.3. The molecule has 0 bridgehead atoms. The van der Waals surface area contributed by atoms with Crippen molar-refractivity contribution in [1.29, 1.82) is 0 Å². The molecule has 2 N–H and O–H groups in total. The molecule has 0 spiro atoms. The van der Waals surface area contributed by atoms with Crippen LogP contribution < -0.4 is 10.6 Å². The predicted octanol–water partition coefficient (Wildman–Crippen LogP) is 2.37. The van der Waals surface area contributed by atoms with Crippen molar-refractivity contribution in [2.75, 3.05) is 13.1 Å². The maximum Gasteiger partial charge on any atom is 0.255 e. The van der Waals surface area contributed by atoms with Gasteiger partial charge in [-0.05, 0) is 12.1 Å². The molecule has 0 saturated heterocycles. The molecular formula is C14H18ClFN2O2. The average Bonchev–Trinajstić information content (AvgIpc) is 2.32. The average molecular weight is 301 g/mol. The first-order valence-corrected chi connectivity index (χ1v) is 6.62. The molecule has 0 aromatic heterocycles. The molecule has 20 heavy (non-hydrogen) atoms. The molecule has 0 radical (unpaired) electrons. The number of benzene rings is 1. The molecule has 1 aromatic rings. The number of rotatable bonds is 4. The Hall–Kier alpha value is -1.62. The second-order valence-corrected chi connectivity index (χ2v) is 5.77. The molecule has 0 aliphatic carbocycles. The molecule has 0 aliphatic rings. The van der Waals surface area contributed by atoms with Gasteiger partial charge in [0.25, 0.3) is 5.91 Å². The third-order valence-electron chi connectivity index (χ3n) is 2.57. The highest BCUT2D eigenvalue weighted by Crippen LogP contribution is 2.18. The van der Waals surface area contributed by atoms with Crippen molar-refractivity contribution < 1.29 is 14.0 Å². The highest BCUT2D eigenvalue weighted by molar-refractivity contribution is 6.33. The van der Waals surface area contributed by atoms with Gasteiger partial charge in [0.15, 0.2) is 0 Å². The lowest BCUT2D eigenvalue weighted by Gasteiger charge is -2.17. The van der Waals surface area contributed by atoms with Gasteiger partial charge in [-0.1, -0.05) is 38.4 Å². The molecule has 1 aromatic carbocycles. The summed E-state index contributed by atoms with van der Waals surface area (Å²) in [6.07, 6.45) is 0. The van der Waals surface area contributed by atoms with Crippen LogP contribution in [0.15, 0.2) is 18.2 Å². The maximum atomic E-state index is 13.5. The maximum absolute atomic E-state index is 13.5. The second-order valence-electron chi connectivity index (χ2n) is 5.36. The predicted molar refractivity (Wildman–Crippen MR) is 76.2 cm³/mol. The van der Waals surface area contributed by atoms with E-state index in [2.05, 4.69) is 10.6 Å². The van der Waals surface area contributed by atoms with E-state index in [4.69, 9.17) is 11.6 Å². The van der Waals surface area contributed by atoms with Crippen molar-refractivity contribution in [2.45, 2.75) is 20.8 Å². The van der Waals surface area contributed by atoms with Gasteiger partial charge in [-0.25, -0.2) is 4.39 Å². The molecule has 2 amide bonds. The van der Waals surface area contributed by atoms with Crippen LogP contribution in [0.25, 0.3) is 0 Å². The minimum atomic E-state index is -0.672. The Balaban J connectivity index is 2.47. The summed E-state index contributed by atoms with van der Waals surface area (Å²) >= 11 is 5.78. The fraction of sp³-hybridized carbons (Fsp3) is 0.429. The second kappa shape index (κ2) is 6.70. The SMILES string of the molecule is CC(C)(C)C(=O)NCCNC(=O)c1c(F)cccc1Cl. The van der Waals surface area contributed by atoms with E-state index in [0.717, 1.165) is 0 Å². The van der Waals surface area contributed by atoms with Crippen molar-refractivity contribution in [1.82, 2.24) is 10.6 Å². The summed E-state index contributed by atoms with van der Waals surface area (Å²) in [5.74, 6) is -1.39. The molecule has 6 heteroatoms. The van der Waals surface area contributed by atoms with Gasteiger partial charge in [0.2, 0.25) is 5.91 Å². The van der Waals surface area contributed by atoms with Crippen molar-refractivity contribution in [2.24, 2.45) is 5.41 Å². The highest BCUT2D eigenvalue weighted by atomic mass is 35.5. The topological polar surface area (TPSA) is 58.2 Å². The van der Waals surface area contributed by atoms with Gasteiger partial charge < -0.3 is 10.6 Å². The molecule has 0 aliphatic heterocycles. The Bertz CT molecular complexity index is 492. The summed E-state index contributed by atoms with van der Waals surface area (Å²) in [4.78, 5) is 23.4. The number of hydrogen-bond donors (Lipinski definition) is 2. The molecule has 110 valence electrons. The Morgan fingerprint density at radius 1 is 1.20 bits per heavy atom. The summed E-state index contributed by atoms with van der Waals surface area (Å²) in [6, 6.07) is 4.04. The van der Waals surface area contributed by atoms with Crippen LogP contribution in [0.2, 0.25) is 5.02 Å². The van der Waals surface area contributed by atoms with E-state index >= 15 is 0 Å². The molecule has 0 heterocycles. The highest BCUT2D eigenvalue weighted by Gasteiger charge is 2.20. The van der Waals surface area contributed by atoms with Crippen molar-refractivity contribution in [3.63, 3.8) is 0 Å². The zero-order valence-electron chi connectivity index (χ0n) is 11.7. The van der Waals surface area contributed by atoms with Crippen molar-refractivity contribution >= 4 is 23.4 Å². The number of halogens is 2. The first-order valence-electron chi connectivity index (χ1n) is 6.24. The van der Waals surface area contributed by atoms with Crippen LogP contribution in [0.4, 0.5) is 4.39 Å². The zero-order valence-corrected chi connectivity index (χ0v) is 12.5. The lowest BCUT2D eigenvalue weighted by molar-refractivity contribution is -0.128. The summed E-state index contributed by atoms with van der Waals surface area (Å²) < 4.78 is 13.5. The van der Waals surface area contributed by atoms with Crippen LogP contribution in [-0.4, -0.2) is 24.9 Å². The van der Waals surface area contributed by atoms with Gasteiger partial charge in [0.1, 0.15) is 5.82 Å². The van der Waals surface area contributed by atoms with Gasteiger partial charge in [-0.15, -0.1) is 0 Å². The van der Waals surface area contributed by atoms with E-state index in [9.17, 15) is 14.0 Å². The normalized spacial score (nSPS) is 11.1. The smallest absolute Gasteiger partial charge is 0.255 e. The molecule has 1 rings (SSSR count). The Morgan fingerprint density at radius 3 is 2.35 bits per heavy atom. The Labute approximate surface area is 122 Å². The first kappa shape index (κ1) is 16.4. The number of carbonyl (C=O) groups excluding carboxylic acids is 2. The largest absolute Gasteiger partial charge is 0.354 e. The molecule has 0 saturated carbocycles. The number of nitrogens with one attached hydrogen (secondary N) is 2. The van der Waals surface area contributed by atoms with E-state index < -0.39 is 17.1 Å². The van der Waals surface area contributed by atoms with E-state index in [1.807, 2.05) is 0 Å². The number of carbonyl (C=O) groups is 2. The van der Waals surface area contributed by atoms with Crippen LogP contribution in [0.3, 0.4) is 0 Å². The number of hydrogen-bond acceptors (Lipinski definition) is 2. The third kappa shape index (κ3) is 4.49. The van der Waals surface area contributed by atoms with E-state index in [1.54, 1.807) is 20.8 Å². The number of amides is 2. The lowest BCUT2D eigenvalue weighted by Crippen LogP contribution is -2.40. The minimum absolute atomic E-state index is 0.0567. The molecule has 0 fully saturated rings. The Kier molecular flexibility index (Phi) is 5.51. The van der Waals surface area contributed by atoms with Crippen LogP contribution in [-0.2, 0) is 4.79 Å². The van der Waals surface area contributed by atoms with Gasteiger partial charge in [-0.3, -0.25) is 9.59 Å². The minimum Gasteiger partial charge on any atom is -0.354 e. The molecule has 0 unspecified atom stereocenters. The Morgan fingerprint density at radius 2 is 1.80 bits per heavy atom. The monoisotopic (exact) mass is 300 g/mol. The quantitative estimate of drug-likeness (QED) is 0.839. The summed E-state index contributed by atoms with van der Waals surface area (Å²) in [5.41, 5.74) is -0.671. The van der Waals surface area contributed by atoms with Gasteiger partial charge in [-0.2, -0.15) is 0 Å². The third-order valence-corrected chi connectivity index (χ3v) is 2.88. The van der Waals surface area contributed by atoms with E-state index in [1.165, 1.54) is 18.2 Å². The summed E-state index contributed by atoms with van der Waals surface area (Å²) in [5, 5.41) is 5.24. The van der Waals surface area contributed by atoms with Gasteiger partial charge in [0, 0.05) is 18.5 Å². The molecule has 0 atom stereocenters. The summed E-state index contributed by atoms with van der Waals surface area (Å²) in [6.45, 7) is 5.85. The molecular weight excluding hydrogens is 283 g/mol. The lowest BCUT2D eigenvalue weighted by atomic mass is 9.96. The fourth-order valence-corrected chi connectivity index (χ4v) is 1.67. The van der Waals surface area contributed by atoms with Crippen LogP contribution in [0.1, 0.15) is 31.1 Å². The van der Waals surface area contributed by atoms with Crippen LogP contribution in [0.5, 0.6) is 0 Å². The van der Waals surface area contributed by atoms with Crippen LogP contribution in [0, 0.1) is 11.2 Å². The standard InChI is InChI=1S/C14H18ClFN2O2/c1-14(2,3)13(20)18-8-7-17-12(19)11-9(15)5-4-6-10(11)16/h4-6H,7-8H2,1-3H3,(H,17,19)(H,18,20). The van der Waals surface area contributed by atoms with Gasteiger partial charge in [0.05, 0.1) is 10.6 Å².